The molecule has 0 aliphatic carbocycles. The van der Waals surface area contributed by atoms with E-state index in [9.17, 15) is 9.50 Å². The molecule has 25 heavy (non-hydrogen) atoms. The summed E-state index contributed by atoms with van der Waals surface area (Å²) in [5, 5.41) is 12.9. The van der Waals surface area contributed by atoms with Gasteiger partial charge >= 0.3 is 0 Å². The molecule has 7 heteroatoms. The van der Waals surface area contributed by atoms with Gasteiger partial charge in [0.05, 0.1) is 18.2 Å². The van der Waals surface area contributed by atoms with Crippen LogP contribution in [0.5, 0.6) is 11.5 Å². The normalized spacial score (nSPS) is 12.1. The number of benzene rings is 2. The molecular formula is C18H20BrClFNO3. The minimum atomic E-state index is -0.452. The highest BCUT2D eigenvalue weighted by Gasteiger charge is 2.15. The van der Waals surface area contributed by atoms with Gasteiger partial charge in [0, 0.05) is 28.7 Å². The Labute approximate surface area is 160 Å². The summed E-state index contributed by atoms with van der Waals surface area (Å²) in [5.74, 6) is 0.752. The van der Waals surface area contributed by atoms with Crippen LogP contribution >= 0.6 is 27.5 Å². The Morgan fingerprint density at radius 2 is 2.08 bits per heavy atom. The van der Waals surface area contributed by atoms with Crippen LogP contribution in [-0.2, 0) is 13.2 Å². The molecule has 0 fully saturated rings. The Kier molecular flexibility index (Phi) is 7.50. The Morgan fingerprint density at radius 3 is 2.72 bits per heavy atom. The molecule has 136 valence electrons. The van der Waals surface area contributed by atoms with E-state index in [-0.39, 0.29) is 6.61 Å². The van der Waals surface area contributed by atoms with E-state index >= 15 is 0 Å². The van der Waals surface area contributed by atoms with Crippen LogP contribution in [0.4, 0.5) is 4.39 Å². The number of halogens is 3. The van der Waals surface area contributed by atoms with Crippen molar-refractivity contribution in [3.05, 3.63) is 56.8 Å². The van der Waals surface area contributed by atoms with Crippen molar-refractivity contribution in [3.63, 3.8) is 0 Å². The maximum Gasteiger partial charge on any atom is 0.167 e. The molecule has 0 amide bonds. The van der Waals surface area contributed by atoms with Crippen LogP contribution in [0.3, 0.4) is 0 Å². The monoisotopic (exact) mass is 431 g/mol. The first kappa shape index (κ1) is 20.0. The number of ether oxygens (including phenoxy) is 2. The highest BCUT2D eigenvalue weighted by molar-refractivity contribution is 9.10. The number of methoxy groups -OCH3 is 1. The van der Waals surface area contributed by atoms with Gasteiger partial charge in [-0.25, -0.2) is 4.39 Å². The standard InChI is InChI=1S/C18H20BrClFNO3/c1-11(23)8-22-9-14-15(19)5-6-17(24-2)18(14)25-10-12-3-4-13(21)7-16(12)20/h3-7,11,22-23H,8-10H2,1-2H3. The van der Waals surface area contributed by atoms with Crippen LogP contribution in [0.2, 0.25) is 5.02 Å². The fourth-order valence-corrected chi connectivity index (χ4v) is 2.93. The summed E-state index contributed by atoms with van der Waals surface area (Å²) in [4.78, 5) is 0. The second-order valence-electron chi connectivity index (χ2n) is 5.56. The van der Waals surface area contributed by atoms with Gasteiger partial charge in [0.25, 0.3) is 0 Å². The Bertz CT molecular complexity index is 728. The predicted molar refractivity (Wildman–Crippen MR) is 99.8 cm³/mol. The van der Waals surface area contributed by atoms with Crippen molar-refractivity contribution in [1.29, 1.82) is 0 Å². The van der Waals surface area contributed by atoms with Crippen LogP contribution in [0, 0.1) is 5.82 Å². The summed E-state index contributed by atoms with van der Waals surface area (Å²) in [5.41, 5.74) is 1.53. The minimum Gasteiger partial charge on any atom is -0.493 e. The Balaban J connectivity index is 2.23. The van der Waals surface area contributed by atoms with E-state index in [2.05, 4.69) is 21.2 Å². The average Bonchev–Trinajstić information content (AvgIpc) is 2.56. The van der Waals surface area contributed by atoms with Gasteiger partial charge in [0.1, 0.15) is 12.4 Å². The second-order valence-corrected chi connectivity index (χ2v) is 6.82. The Hall–Kier alpha value is -1.34. The van der Waals surface area contributed by atoms with Crippen LogP contribution in [-0.4, -0.2) is 24.9 Å². The fourth-order valence-electron chi connectivity index (χ4n) is 2.26. The Morgan fingerprint density at radius 1 is 1.32 bits per heavy atom. The van der Waals surface area contributed by atoms with E-state index < -0.39 is 11.9 Å². The molecule has 0 saturated heterocycles. The zero-order valence-electron chi connectivity index (χ0n) is 14.0. The molecule has 0 saturated carbocycles. The predicted octanol–water partition coefficient (Wildman–Crippen LogP) is 4.30. The molecule has 2 aromatic rings. The van der Waals surface area contributed by atoms with Crippen molar-refractivity contribution < 1.29 is 19.0 Å². The van der Waals surface area contributed by atoms with Crippen molar-refractivity contribution in [2.45, 2.75) is 26.2 Å². The van der Waals surface area contributed by atoms with Gasteiger partial charge in [-0.2, -0.15) is 0 Å². The smallest absolute Gasteiger partial charge is 0.167 e. The second kappa shape index (κ2) is 9.38. The topological polar surface area (TPSA) is 50.7 Å². The molecule has 0 radical (unpaired) electrons. The first-order chi connectivity index (χ1) is 11.9. The summed E-state index contributed by atoms with van der Waals surface area (Å²) in [6.45, 7) is 2.82. The van der Waals surface area contributed by atoms with E-state index in [4.69, 9.17) is 21.1 Å². The van der Waals surface area contributed by atoms with E-state index in [1.165, 1.54) is 12.1 Å². The van der Waals surface area contributed by atoms with Crippen LogP contribution in [0.1, 0.15) is 18.1 Å². The summed E-state index contributed by atoms with van der Waals surface area (Å²) < 4.78 is 25.4. The molecular weight excluding hydrogens is 413 g/mol. The zero-order valence-corrected chi connectivity index (χ0v) is 16.3. The van der Waals surface area contributed by atoms with Gasteiger partial charge in [-0.3, -0.25) is 0 Å². The number of rotatable bonds is 8. The molecule has 4 nitrogen and oxygen atoms in total. The number of nitrogens with one attached hydrogen (secondary N) is 1. The van der Waals surface area contributed by atoms with Crippen molar-refractivity contribution in [1.82, 2.24) is 5.32 Å². The fraction of sp³-hybridized carbons (Fsp3) is 0.333. The average molecular weight is 433 g/mol. The lowest BCUT2D eigenvalue weighted by Gasteiger charge is -2.18. The first-order valence-electron chi connectivity index (χ1n) is 7.73. The molecule has 2 N–H and O–H groups in total. The van der Waals surface area contributed by atoms with Crippen LogP contribution in [0.15, 0.2) is 34.8 Å². The van der Waals surface area contributed by atoms with Crippen LogP contribution in [0.25, 0.3) is 0 Å². The van der Waals surface area contributed by atoms with E-state index in [1.54, 1.807) is 26.2 Å². The van der Waals surface area contributed by atoms with E-state index in [1.807, 2.05) is 6.07 Å². The molecule has 2 aromatic carbocycles. The minimum absolute atomic E-state index is 0.176. The molecule has 0 aromatic heterocycles. The highest BCUT2D eigenvalue weighted by atomic mass is 79.9. The summed E-state index contributed by atoms with van der Waals surface area (Å²) in [6, 6.07) is 7.85. The largest absolute Gasteiger partial charge is 0.493 e. The van der Waals surface area contributed by atoms with E-state index in [0.717, 1.165) is 10.0 Å². The third-order valence-corrected chi connectivity index (χ3v) is 4.61. The molecule has 0 bridgehead atoms. The number of aliphatic hydroxyl groups excluding tert-OH is 1. The SMILES string of the molecule is COc1ccc(Br)c(CNCC(C)O)c1OCc1ccc(F)cc1Cl. The van der Waals surface area contributed by atoms with Gasteiger partial charge in [-0.15, -0.1) is 0 Å². The molecule has 1 unspecified atom stereocenters. The molecule has 0 aliphatic heterocycles. The van der Waals surface area contributed by atoms with Gasteiger partial charge in [0.15, 0.2) is 11.5 Å². The van der Waals surface area contributed by atoms with Crippen molar-refractivity contribution in [3.8, 4) is 11.5 Å². The van der Waals surface area contributed by atoms with Gasteiger partial charge in [0.2, 0.25) is 0 Å². The third kappa shape index (κ3) is 5.57. The van der Waals surface area contributed by atoms with Crippen LogP contribution < -0.4 is 14.8 Å². The zero-order chi connectivity index (χ0) is 18.4. The third-order valence-electron chi connectivity index (χ3n) is 3.52. The van der Waals surface area contributed by atoms with E-state index in [0.29, 0.717) is 35.2 Å². The first-order valence-corrected chi connectivity index (χ1v) is 8.90. The van der Waals surface area contributed by atoms with Crippen molar-refractivity contribution in [2.75, 3.05) is 13.7 Å². The highest BCUT2D eigenvalue weighted by Crippen LogP contribution is 2.37. The quantitative estimate of drug-likeness (QED) is 0.653. The van der Waals surface area contributed by atoms with Gasteiger partial charge < -0.3 is 19.9 Å². The van der Waals surface area contributed by atoms with Gasteiger partial charge in [-0.05, 0) is 31.2 Å². The van der Waals surface area contributed by atoms with Crippen molar-refractivity contribution >= 4 is 27.5 Å². The number of hydrogen-bond acceptors (Lipinski definition) is 4. The molecule has 0 spiro atoms. The summed E-state index contributed by atoms with van der Waals surface area (Å²) in [6.07, 6.45) is -0.452. The summed E-state index contributed by atoms with van der Waals surface area (Å²) in [7, 11) is 1.56. The molecule has 1 atom stereocenters. The maximum absolute atomic E-state index is 13.2. The summed E-state index contributed by atoms with van der Waals surface area (Å²) >= 11 is 9.57. The maximum atomic E-state index is 13.2. The number of aliphatic hydroxyl groups is 1. The number of hydrogen-bond donors (Lipinski definition) is 2. The van der Waals surface area contributed by atoms with Crippen molar-refractivity contribution in [2.24, 2.45) is 0 Å². The lowest BCUT2D eigenvalue weighted by molar-refractivity contribution is 0.190. The lowest BCUT2D eigenvalue weighted by atomic mass is 10.1. The molecule has 0 aliphatic rings. The molecule has 2 rings (SSSR count). The molecule has 0 heterocycles. The van der Waals surface area contributed by atoms with Gasteiger partial charge in [-0.1, -0.05) is 33.6 Å². The lowest BCUT2D eigenvalue weighted by Crippen LogP contribution is -2.24.